The summed E-state index contributed by atoms with van der Waals surface area (Å²) in [5.41, 5.74) is -1.05. The summed E-state index contributed by atoms with van der Waals surface area (Å²) in [6.45, 7) is 2.93. The number of aliphatic carboxylic acids is 1. The van der Waals surface area contributed by atoms with Crippen molar-refractivity contribution >= 4 is 18.6 Å². The maximum Gasteiger partial charge on any atom is 0.313 e. The van der Waals surface area contributed by atoms with Gasteiger partial charge in [-0.2, -0.15) is 0 Å². The molecule has 76 valence electrons. The Kier molecular flexibility index (Phi) is 2.85. The first-order valence-corrected chi connectivity index (χ1v) is 4.53. The predicted octanol–water partition coefficient (Wildman–Crippen LogP) is 2.48. The monoisotopic (exact) mass is 214 g/mol. The second-order valence-corrected chi connectivity index (χ2v) is 4.11. The number of carboxylic acid groups (broad SMARTS) is 1. The van der Waals surface area contributed by atoms with Gasteiger partial charge in [-0.05, 0) is 26.0 Å². The lowest BCUT2D eigenvalue weighted by Crippen LogP contribution is -2.29. The van der Waals surface area contributed by atoms with E-state index in [1.54, 1.807) is 6.07 Å². The molecular weight excluding hydrogens is 203 g/mol. The lowest BCUT2D eigenvalue weighted by molar-refractivity contribution is -0.142. The van der Waals surface area contributed by atoms with Crippen LogP contribution in [0.25, 0.3) is 0 Å². The molecule has 0 aliphatic heterocycles. The van der Waals surface area contributed by atoms with E-state index in [9.17, 15) is 9.18 Å². The first kappa shape index (κ1) is 11.0. The molecule has 0 amide bonds. The highest BCUT2D eigenvalue weighted by atomic mass is 32.1. The Morgan fingerprint density at radius 3 is 2.50 bits per heavy atom. The number of thiol groups is 1. The summed E-state index contributed by atoms with van der Waals surface area (Å²) in [7, 11) is 0. The molecule has 0 saturated carbocycles. The number of hydrogen-bond acceptors (Lipinski definition) is 2. The van der Waals surface area contributed by atoms with E-state index < -0.39 is 17.2 Å². The van der Waals surface area contributed by atoms with E-state index in [-0.39, 0.29) is 5.56 Å². The van der Waals surface area contributed by atoms with Crippen molar-refractivity contribution in [2.45, 2.75) is 24.2 Å². The minimum Gasteiger partial charge on any atom is -0.481 e. The van der Waals surface area contributed by atoms with E-state index in [1.807, 2.05) is 0 Å². The average molecular weight is 214 g/mol. The Labute approximate surface area is 87.2 Å². The van der Waals surface area contributed by atoms with Crippen molar-refractivity contribution in [1.82, 2.24) is 0 Å². The lowest BCUT2D eigenvalue weighted by Gasteiger charge is -2.20. The Balaban J connectivity index is 3.26. The number of carbonyl (C=O) groups is 1. The molecule has 0 heterocycles. The molecule has 1 N–H and O–H groups in total. The zero-order valence-electron chi connectivity index (χ0n) is 7.91. The van der Waals surface area contributed by atoms with E-state index in [4.69, 9.17) is 5.11 Å². The van der Waals surface area contributed by atoms with E-state index in [0.29, 0.717) is 4.90 Å². The van der Waals surface area contributed by atoms with Gasteiger partial charge >= 0.3 is 5.97 Å². The number of rotatable bonds is 2. The summed E-state index contributed by atoms with van der Waals surface area (Å²) in [5.74, 6) is -1.59. The molecule has 0 atom stereocenters. The third kappa shape index (κ3) is 1.90. The van der Waals surface area contributed by atoms with Gasteiger partial charge in [0.1, 0.15) is 5.82 Å². The van der Waals surface area contributed by atoms with Crippen LogP contribution in [0, 0.1) is 5.82 Å². The van der Waals surface area contributed by atoms with Gasteiger partial charge in [0.2, 0.25) is 0 Å². The van der Waals surface area contributed by atoms with Crippen molar-refractivity contribution in [3.05, 3.63) is 29.6 Å². The molecule has 4 heteroatoms. The van der Waals surface area contributed by atoms with E-state index >= 15 is 0 Å². The van der Waals surface area contributed by atoms with Gasteiger partial charge in [0.25, 0.3) is 0 Å². The van der Waals surface area contributed by atoms with E-state index in [2.05, 4.69) is 12.6 Å². The highest BCUT2D eigenvalue weighted by molar-refractivity contribution is 7.80. The molecule has 0 fully saturated rings. The first-order chi connectivity index (χ1) is 6.35. The molecule has 0 radical (unpaired) electrons. The molecular formula is C10H11FO2S. The van der Waals surface area contributed by atoms with Crippen LogP contribution in [-0.2, 0) is 10.2 Å². The van der Waals surface area contributed by atoms with E-state index in [0.717, 1.165) is 0 Å². The van der Waals surface area contributed by atoms with Crippen molar-refractivity contribution < 1.29 is 14.3 Å². The van der Waals surface area contributed by atoms with Crippen LogP contribution in [0.2, 0.25) is 0 Å². The van der Waals surface area contributed by atoms with Gasteiger partial charge in [-0.15, -0.1) is 12.6 Å². The topological polar surface area (TPSA) is 37.3 Å². The molecule has 0 saturated heterocycles. The van der Waals surface area contributed by atoms with Crippen molar-refractivity contribution in [2.75, 3.05) is 0 Å². The highest BCUT2D eigenvalue weighted by Gasteiger charge is 2.31. The van der Waals surface area contributed by atoms with Crippen LogP contribution in [0.15, 0.2) is 23.1 Å². The van der Waals surface area contributed by atoms with Gasteiger partial charge in [0.15, 0.2) is 0 Å². The Morgan fingerprint density at radius 2 is 2.07 bits per heavy atom. The number of benzene rings is 1. The number of carboxylic acids is 1. The van der Waals surface area contributed by atoms with Crippen LogP contribution in [0.3, 0.4) is 0 Å². The van der Waals surface area contributed by atoms with Crippen molar-refractivity contribution in [2.24, 2.45) is 0 Å². The maximum absolute atomic E-state index is 13.4. The quantitative estimate of drug-likeness (QED) is 0.742. The molecule has 14 heavy (non-hydrogen) atoms. The van der Waals surface area contributed by atoms with Gasteiger partial charge in [-0.1, -0.05) is 6.07 Å². The maximum atomic E-state index is 13.4. The zero-order valence-corrected chi connectivity index (χ0v) is 8.81. The molecule has 0 unspecified atom stereocenters. The average Bonchev–Trinajstić information content (AvgIpc) is 2.02. The summed E-state index contributed by atoms with van der Waals surface area (Å²) < 4.78 is 13.4. The Morgan fingerprint density at radius 1 is 1.50 bits per heavy atom. The largest absolute Gasteiger partial charge is 0.481 e. The number of halogens is 1. The van der Waals surface area contributed by atoms with Crippen molar-refractivity contribution in [3.63, 3.8) is 0 Å². The first-order valence-electron chi connectivity index (χ1n) is 4.08. The van der Waals surface area contributed by atoms with Crippen LogP contribution in [0.5, 0.6) is 0 Å². The van der Waals surface area contributed by atoms with Crippen molar-refractivity contribution in [3.8, 4) is 0 Å². The van der Waals surface area contributed by atoms with Gasteiger partial charge in [-0.3, -0.25) is 4.79 Å². The third-order valence-corrected chi connectivity index (χ3v) is 2.44. The summed E-state index contributed by atoms with van der Waals surface area (Å²) in [4.78, 5) is 11.4. The molecule has 0 aromatic heterocycles. The standard InChI is InChI=1S/C10H11FO2S/c1-10(2,9(12)13)7-4-3-6(14)5-8(7)11/h3-5,14H,1-2H3,(H,12,13). The van der Waals surface area contributed by atoms with Crippen LogP contribution >= 0.6 is 12.6 Å². The SMILES string of the molecule is CC(C)(C(=O)O)c1ccc(S)cc1F. The fraction of sp³-hybridized carbons (Fsp3) is 0.300. The molecule has 0 spiro atoms. The van der Waals surface area contributed by atoms with E-state index in [1.165, 1.54) is 26.0 Å². The van der Waals surface area contributed by atoms with Crippen LogP contribution in [0.4, 0.5) is 4.39 Å². The van der Waals surface area contributed by atoms with Gasteiger partial charge in [-0.25, -0.2) is 4.39 Å². The smallest absolute Gasteiger partial charge is 0.313 e. The minimum absolute atomic E-state index is 0.169. The molecule has 0 aliphatic rings. The Hall–Kier alpha value is -1.03. The zero-order chi connectivity index (χ0) is 10.9. The van der Waals surface area contributed by atoms with Crippen LogP contribution < -0.4 is 0 Å². The van der Waals surface area contributed by atoms with Gasteiger partial charge in [0, 0.05) is 10.5 Å². The summed E-state index contributed by atoms with van der Waals surface area (Å²) in [5, 5.41) is 8.90. The molecule has 2 nitrogen and oxygen atoms in total. The van der Waals surface area contributed by atoms with Gasteiger partial charge < -0.3 is 5.11 Å². The molecule has 0 bridgehead atoms. The predicted molar refractivity (Wildman–Crippen MR) is 54.3 cm³/mol. The molecule has 1 rings (SSSR count). The molecule has 0 aliphatic carbocycles. The fourth-order valence-corrected chi connectivity index (χ4v) is 1.31. The summed E-state index contributed by atoms with van der Waals surface area (Å²) >= 11 is 3.96. The third-order valence-electron chi connectivity index (χ3n) is 2.16. The molecule has 1 aromatic rings. The molecule has 1 aromatic carbocycles. The minimum atomic E-state index is -1.22. The normalized spacial score (nSPS) is 11.4. The second-order valence-electron chi connectivity index (χ2n) is 3.59. The van der Waals surface area contributed by atoms with Crippen LogP contribution in [0.1, 0.15) is 19.4 Å². The van der Waals surface area contributed by atoms with Crippen LogP contribution in [-0.4, -0.2) is 11.1 Å². The second kappa shape index (κ2) is 3.61. The summed E-state index contributed by atoms with van der Waals surface area (Å²) in [6, 6.07) is 4.24. The van der Waals surface area contributed by atoms with Crippen molar-refractivity contribution in [1.29, 1.82) is 0 Å². The van der Waals surface area contributed by atoms with Gasteiger partial charge in [0.05, 0.1) is 5.41 Å². The number of hydrogen-bond donors (Lipinski definition) is 2. The summed E-state index contributed by atoms with van der Waals surface area (Å²) in [6.07, 6.45) is 0. The lowest BCUT2D eigenvalue weighted by atomic mass is 9.84. The fourth-order valence-electron chi connectivity index (χ4n) is 1.13. The highest BCUT2D eigenvalue weighted by Crippen LogP contribution is 2.27. The Bertz CT molecular complexity index is 374.